The summed E-state index contributed by atoms with van der Waals surface area (Å²) in [5, 5.41) is 6.44. The molecule has 2 unspecified atom stereocenters. The van der Waals surface area contributed by atoms with Crippen LogP contribution in [0.25, 0.3) is 11.3 Å². The van der Waals surface area contributed by atoms with Gasteiger partial charge in [0, 0.05) is 37.3 Å². The van der Waals surface area contributed by atoms with Gasteiger partial charge in [-0.3, -0.25) is 9.59 Å². The van der Waals surface area contributed by atoms with Gasteiger partial charge in [-0.2, -0.15) is 13.2 Å². The minimum absolute atomic E-state index is 0.152. The monoisotopic (exact) mass is 451 g/mol. The molecule has 10 heteroatoms. The first-order valence-corrected chi connectivity index (χ1v) is 10.5. The number of alkyl halides is 3. The van der Waals surface area contributed by atoms with Crippen molar-refractivity contribution in [2.24, 2.45) is 11.8 Å². The van der Waals surface area contributed by atoms with Gasteiger partial charge in [-0.05, 0) is 31.2 Å². The van der Waals surface area contributed by atoms with Gasteiger partial charge in [-0.15, -0.1) is 0 Å². The second kappa shape index (κ2) is 8.93. The number of halogens is 3. The second-order valence-corrected chi connectivity index (χ2v) is 8.32. The van der Waals surface area contributed by atoms with Crippen molar-refractivity contribution in [3.8, 4) is 11.3 Å². The normalized spacial score (nSPS) is 21.9. The van der Waals surface area contributed by atoms with Crippen LogP contribution in [0.3, 0.4) is 0 Å². The third-order valence-electron chi connectivity index (χ3n) is 5.97. The molecule has 32 heavy (non-hydrogen) atoms. The number of nitrogens with one attached hydrogen (secondary N) is 1. The van der Waals surface area contributed by atoms with E-state index < -0.39 is 35.6 Å². The summed E-state index contributed by atoms with van der Waals surface area (Å²) >= 11 is 0. The van der Waals surface area contributed by atoms with Crippen molar-refractivity contribution in [1.82, 2.24) is 15.4 Å². The van der Waals surface area contributed by atoms with Gasteiger partial charge < -0.3 is 19.5 Å². The molecule has 2 aliphatic rings. The summed E-state index contributed by atoms with van der Waals surface area (Å²) in [6.45, 7) is 2.15. The molecule has 0 spiro atoms. The lowest BCUT2D eigenvalue weighted by atomic mass is 9.91. The number of rotatable bonds is 6. The molecule has 2 heterocycles. The highest BCUT2D eigenvalue weighted by Gasteiger charge is 2.38. The van der Waals surface area contributed by atoms with Gasteiger partial charge in [0.15, 0.2) is 11.5 Å². The summed E-state index contributed by atoms with van der Waals surface area (Å²) in [4.78, 5) is 27.3. The highest BCUT2D eigenvalue weighted by molar-refractivity contribution is 5.93. The van der Waals surface area contributed by atoms with Crippen LogP contribution in [0.5, 0.6) is 0 Å². The molecule has 1 saturated carbocycles. The van der Waals surface area contributed by atoms with Crippen LogP contribution in [-0.2, 0) is 15.7 Å². The number of ether oxygens (including phenoxy) is 1. The molecular formula is C22H24F3N3O4. The summed E-state index contributed by atoms with van der Waals surface area (Å²) in [7, 11) is 1.31. The van der Waals surface area contributed by atoms with Crippen molar-refractivity contribution in [3.63, 3.8) is 0 Å². The second-order valence-electron chi connectivity index (χ2n) is 8.32. The average molecular weight is 451 g/mol. The molecule has 7 nitrogen and oxygen atoms in total. The summed E-state index contributed by atoms with van der Waals surface area (Å²) in [6, 6.07) is 5.63. The van der Waals surface area contributed by atoms with Gasteiger partial charge in [0.05, 0.1) is 18.6 Å². The summed E-state index contributed by atoms with van der Waals surface area (Å²) in [5.41, 5.74) is -1.23. The van der Waals surface area contributed by atoms with Crippen molar-refractivity contribution in [2.75, 3.05) is 26.7 Å². The predicted molar refractivity (Wildman–Crippen MR) is 107 cm³/mol. The van der Waals surface area contributed by atoms with E-state index in [1.807, 2.05) is 0 Å². The van der Waals surface area contributed by atoms with Crippen molar-refractivity contribution >= 4 is 11.9 Å². The van der Waals surface area contributed by atoms with E-state index in [2.05, 4.69) is 15.4 Å². The zero-order chi connectivity index (χ0) is 22.9. The van der Waals surface area contributed by atoms with E-state index in [1.165, 1.54) is 44.2 Å². The van der Waals surface area contributed by atoms with E-state index in [1.54, 1.807) is 0 Å². The van der Waals surface area contributed by atoms with E-state index in [9.17, 15) is 22.8 Å². The Labute approximate surface area is 182 Å². The quantitative estimate of drug-likeness (QED) is 0.678. The molecule has 1 N–H and O–H groups in total. The fraction of sp³-hybridized carbons (Fsp3) is 0.500. The van der Waals surface area contributed by atoms with E-state index in [0.717, 1.165) is 19.2 Å². The summed E-state index contributed by atoms with van der Waals surface area (Å²) in [6.07, 6.45) is -1.62. The highest BCUT2D eigenvalue weighted by Crippen LogP contribution is 2.37. The lowest BCUT2D eigenvalue weighted by Crippen LogP contribution is -2.54. The van der Waals surface area contributed by atoms with E-state index in [-0.39, 0.29) is 17.0 Å². The van der Waals surface area contributed by atoms with Crippen LogP contribution in [0.2, 0.25) is 0 Å². The van der Waals surface area contributed by atoms with Crippen LogP contribution in [0.1, 0.15) is 35.3 Å². The molecule has 0 radical (unpaired) electrons. The number of likely N-dealkylation sites (tertiary alicyclic amines) is 1. The number of piperidine rings is 1. The smallest absolute Gasteiger partial charge is 0.417 e. The predicted octanol–water partition coefficient (Wildman–Crippen LogP) is 3.36. The Kier molecular flexibility index (Phi) is 6.23. The Morgan fingerprint density at radius 1 is 1.25 bits per heavy atom. The van der Waals surface area contributed by atoms with E-state index in [4.69, 9.17) is 9.26 Å². The van der Waals surface area contributed by atoms with Crippen LogP contribution in [0, 0.1) is 11.8 Å². The average Bonchev–Trinajstić information content (AvgIpc) is 3.44. The molecule has 2 fully saturated rings. The van der Waals surface area contributed by atoms with Crippen molar-refractivity contribution < 1.29 is 32.0 Å². The molecule has 1 aromatic carbocycles. The third kappa shape index (κ3) is 4.95. The van der Waals surface area contributed by atoms with E-state index >= 15 is 0 Å². The van der Waals surface area contributed by atoms with Crippen molar-refractivity contribution in [3.05, 3.63) is 41.6 Å². The van der Waals surface area contributed by atoms with Gasteiger partial charge >= 0.3 is 12.1 Å². The number of carbonyl (C=O) groups is 2. The Morgan fingerprint density at radius 2 is 2.00 bits per heavy atom. The first kappa shape index (κ1) is 22.3. The van der Waals surface area contributed by atoms with Gasteiger partial charge in [0.25, 0.3) is 5.91 Å². The summed E-state index contributed by atoms with van der Waals surface area (Å²) in [5.74, 6) is -1.04. The zero-order valence-electron chi connectivity index (χ0n) is 17.5. The maximum absolute atomic E-state index is 13.3. The van der Waals surface area contributed by atoms with Gasteiger partial charge in [0.2, 0.25) is 0 Å². The fourth-order valence-corrected chi connectivity index (χ4v) is 4.11. The van der Waals surface area contributed by atoms with Crippen LogP contribution in [-0.4, -0.2) is 54.7 Å². The van der Waals surface area contributed by atoms with Crippen LogP contribution < -0.4 is 5.32 Å². The molecule has 2 aromatic rings. The number of nitrogens with zero attached hydrogens (tertiary/aromatic N) is 2. The molecule has 172 valence electrons. The first-order chi connectivity index (χ1) is 15.3. The first-order valence-electron chi connectivity index (χ1n) is 10.5. The number of amides is 1. The number of benzene rings is 1. The third-order valence-corrected chi connectivity index (χ3v) is 5.97. The van der Waals surface area contributed by atoms with Crippen molar-refractivity contribution in [2.45, 2.75) is 31.5 Å². The zero-order valence-corrected chi connectivity index (χ0v) is 17.5. The van der Waals surface area contributed by atoms with Gasteiger partial charge in [-0.25, -0.2) is 0 Å². The highest BCUT2D eigenvalue weighted by atomic mass is 19.4. The number of hydrogen-bond donors (Lipinski definition) is 1. The topological polar surface area (TPSA) is 84.7 Å². The molecule has 4 rings (SSSR count). The van der Waals surface area contributed by atoms with Crippen LogP contribution in [0.4, 0.5) is 13.2 Å². The molecule has 1 aliphatic heterocycles. The molecule has 1 amide bonds. The molecule has 1 aromatic heterocycles. The molecule has 1 aliphatic carbocycles. The molecule has 2 atom stereocenters. The number of carbonyl (C=O) groups excluding carboxylic acids is 2. The van der Waals surface area contributed by atoms with Gasteiger partial charge in [-0.1, -0.05) is 23.4 Å². The molecule has 1 saturated heterocycles. The minimum Gasteiger partial charge on any atom is -0.469 e. The Morgan fingerprint density at radius 3 is 2.69 bits per heavy atom. The fourth-order valence-electron chi connectivity index (χ4n) is 4.11. The lowest BCUT2D eigenvalue weighted by molar-refractivity contribution is -0.148. The summed E-state index contributed by atoms with van der Waals surface area (Å²) < 4.78 is 49.8. The minimum atomic E-state index is -4.58. The maximum Gasteiger partial charge on any atom is 0.417 e. The lowest BCUT2D eigenvalue weighted by Gasteiger charge is -2.37. The van der Waals surface area contributed by atoms with E-state index in [0.29, 0.717) is 18.9 Å². The van der Waals surface area contributed by atoms with Gasteiger partial charge in [0.1, 0.15) is 0 Å². The SMILES string of the molecule is COC(=O)C1CN(CC2CC2)CCC1NC(=O)c1cc(-c2ccccc2C(F)(F)F)on1. The van der Waals surface area contributed by atoms with Crippen LogP contribution in [0.15, 0.2) is 34.9 Å². The van der Waals surface area contributed by atoms with Crippen LogP contribution >= 0.6 is 0 Å². The molecule has 0 bridgehead atoms. The maximum atomic E-state index is 13.3. The number of methoxy groups -OCH3 is 1. The molecular weight excluding hydrogens is 427 g/mol. The largest absolute Gasteiger partial charge is 0.469 e. The number of hydrogen-bond acceptors (Lipinski definition) is 6. The van der Waals surface area contributed by atoms with Crippen molar-refractivity contribution in [1.29, 1.82) is 0 Å². The Balaban J connectivity index is 1.47. The number of aromatic nitrogens is 1. The Bertz CT molecular complexity index is 987. The number of esters is 1. The standard InChI is InChI=1S/C22H24F3N3O4/c1-31-21(30)15-12-28(11-13-6-7-13)9-8-17(15)26-20(29)18-10-19(32-27-18)14-4-2-3-5-16(14)22(23,24)25/h2-5,10,13,15,17H,6-9,11-12H2,1H3,(H,26,29). The Hall–Kier alpha value is -2.88.